The van der Waals surface area contributed by atoms with Crippen molar-refractivity contribution in [3.05, 3.63) is 42.7 Å². The van der Waals surface area contributed by atoms with E-state index in [1.54, 1.807) is 19.2 Å². The van der Waals surface area contributed by atoms with Crippen molar-refractivity contribution in [3.8, 4) is 5.95 Å². The molecule has 2 aromatic heterocycles. The van der Waals surface area contributed by atoms with E-state index in [2.05, 4.69) is 30.4 Å². The third-order valence-corrected chi connectivity index (χ3v) is 3.31. The zero-order valence-corrected chi connectivity index (χ0v) is 11.8. The van der Waals surface area contributed by atoms with Crippen molar-refractivity contribution in [3.63, 3.8) is 0 Å². The minimum Gasteiger partial charge on any atom is -0.357 e. The molecule has 3 aromatic rings. The summed E-state index contributed by atoms with van der Waals surface area (Å²) in [5.74, 6) is 0.430. The monoisotopic (exact) mass is 303 g/mol. The molecule has 0 saturated heterocycles. The van der Waals surface area contributed by atoms with Crippen molar-refractivity contribution < 1.29 is 4.39 Å². The van der Waals surface area contributed by atoms with E-state index in [0.29, 0.717) is 21.9 Å². The van der Waals surface area contributed by atoms with Crippen molar-refractivity contribution in [1.82, 2.24) is 29.7 Å². The second kappa shape index (κ2) is 5.83. The molecule has 21 heavy (non-hydrogen) atoms. The highest BCUT2D eigenvalue weighted by Crippen LogP contribution is 2.25. The Balaban J connectivity index is 1.96. The van der Waals surface area contributed by atoms with Gasteiger partial charge in [-0.2, -0.15) is 24.7 Å². The molecule has 0 saturated carbocycles. The van der Waals surface area contributed by atoms with Gasteiger partial charge < -0.3 is 5.32 Å². The van der Waals surface area contributed by atoms with Crippen molar-refractivity contribution in [2.45, 2.75) is 10.1 Å². The van der Waals surface area contributed by atoms with Crippen LogP contribution < -0.4 is 5.32 Å². The molecule has 2 heterocycles. The summed E-state index contributed by atoms with van der Waals surface area (Å²) in [4.78, 5) is 17.3. The molecule has 7 nitrogen and oxygen atoms in total. The summed E-state index contributed by atoms with van der Waals surface area (Å²) < 4.78 is 14.6. The van der Waals surface area contributed by atoms with Crippen LogP contribution in [0.3, 0.4) is 0 Å². The molecule has 1 N–H and O–H groups in total. The van der Waals surface area contributed by atoms with E-state index >= 15 is 0 Å². The van der Waals surface area contributed by atoms with E-state index in [1.807, 2.05) is 0 Å². The van der Waals surface area contributed by atoms with Crippen LogP contribution in [-0.4, -0.2) is 36.8 Å². The molecule has 0 atom stereocenters. The number of halogens is 1. The number of rotatable bonds is 4. The Morgan fingerprint density at radius 3 is 2.86 bits per heavy atom. The molecular formula is C12H10FN7S. The van der Waals surface area contributed by atoms with Crippen LogP contribution in [0.2, 0.25) is 0 Å². The summed E-state index contributed by atoms with van der Waals surface area (Å²) >= 11 is 1.24. The van der Waals surface area contributed by atoms with Crippen LogP contribution in [-0.2, 0) is 0 Å². The second-order valence-electron chi connectivity index (χ2n) is 3.89. The molecule has 0 aliphatic rings. The fraction of sp³-hybridized carbons (Fsp3) is 0.0833. The van der Waals surface area contributed by atoms with Crippen LogP contribution in [0.15, 0.2) is 47.0 Å². The van der Waals surface area contributed by atoms with E-state index in [0.717, 1.165) is 0 Å². The molecule has 0 radical (unpaired) electrons. The Bertz CT molecular complexity index is 747. The maximum absolute atomic E-state index is 13.2. The molecule has 0 amide bonds. The fourth-order valence-corrected chi connectivity index (χ4v) is 2.34. The Morgan fingerprint density at radius 1 is 1.24 bits per heavy atom. The summed E-state index contributed by atoms with van der Waals surface area (Å²) in [5, 5.41) is 7.27. The van der Waals surface area contributed by atoms with Gasteiger partial charge in [-0.05, 0) is 30.0 Å². The molecule has 0 bridgehead atoms. The number of anilines is 1. The highest BCUT2D eigenvalue weighted by molar-refractivity contribution is 7.99. The first-order valence-electron chi connectivity index (χ1n) is 5.97. The largest absolute Gasteiger partial charge is 0.357 e. The van der Waals surface area contributed by atoms with Gasteiger partial charge >= 0.3 is 0 Å². The minimum atomic E-state index is -0.306. The van der Waals surface area contributed by atoms with Crippen LogP contribution in [0.25, 0.3) is 5.95 Å². The summed E-state index contributed by atoms with van der Waals surface area (Å²) in [6.07, 6.45) is 2.88. The van der Waals surface area contributed by atoms with Gasteiger partial charge in [0.1, 0.15) is 18.5 Å². The summed E-state index contributed by atoms with van der Waals surface area (Å²) in [5.41, 5.74) is 0. The van der Waals surface area contributed by atoms with Crippen LogP contribution in [0.1, 0.15) is 0 Å². The zero-order valence-electron chi connectivity index (χ0n) is 10.9. The predicted octanol–water partition coefficient (Wildman–Crippen LogP) is 1.78. The normalized spacial score (nSPS) is 10.6. The van der Waals surface area contributed by atoms with Crippen LogP contribution in [0.4, 0.5) is 10.3 Å². The first kappa shape index (κ1) is 13.4. The molecule has 0 aliphatic heterocycles. The minimum absolute atomic E-state index is 0.306. The lowest BCUT2D eigenvalue weighted by molar-refractivity contribution is 0.624. The van der Waals surface area contributed by atoms with Gasteiger partial charge in [-0.3, -0.25) is 0 Å². The third-order valence-electron chi connectivity index (χ3n) is 2.46. The van der Waals surface area contributed by atoms with Gasteiger partial charge in [-0.25, -0.2) is 9.37 Å². The number of benzene rings is 1. The van der Waals surface area contributed by atoms with Gasteiger partial charge in [0.25, 0.3) is 5.95 Å². The van der Waals surface area contributed by atoms with E-state index in [1.165, 1.54) is 41.2 Å². The van der Waals surface area contributed by atoms with Gasteiger partial charge in [-0.1, -0.05) is 6.07 Å². The van der Waals surface area contributed by atoms with Gasteiger partial charge in [0.05, 0.1) is 0 Å². The number of nitrogens with one attached hydrogen (secondary N) is 1. The predicted molar refractivity (Wildman–Crippen MR) is 74.8 cm³/mol. The lowest BCUT2D eigenvalue weighted by atomic mass is 10.4. The Kier molecular flexibility index (Phi) is 3.73. The molecule has 106 valence electrons. The molecule has 0 aliphatic carbocycles. The Morgan fingerprint density at radius 2 is 2.14 bits per heavy atom. The number of nitrogens with zero attached hydrogens (tertiary/aromatic N) is 6. The van der Waals surface area contributed by atoms with Gasteiger partial charge in [0.2, 0.25) is 5.95 Å². The first-order chi connectivity index (χ1) is 10.2. The van der Waals surface area contributed by atoms with E-state index in [-0.39, 0.29) is 5.82 Å². The number of hydrogen-bond donors (Lipinski definition) is 1. The number of hydrogen-bond acceptors (Lipinski definition) is 7. The topological polar surface area (TPSA) is 81.4 Å². The average molecular weight is 303 g/mol. The van der Waals surface area contributed by atoms with Crippen molar-refractivity contribution in [1.29, 1.82) is 0 Å². The lowest BCUT2D eigenvalue weighted by Gasteiger charge is -2.06. The maximum Gasteiger partial charge on any atom is 0.257 e. The standard InChI is InChI=1S/C12H10FN7S/c1-14-10-17-11(20-7-15-6-16-20)19-12(18-10)21-9-4-2-3-8(13)5-9/h2-7H,1H3,(H,14,17,18,19). The quantitative estimate of drug-likeness (QED) is 0.786. The molecule has 9 heteroatoms. The Hall–Kier alpha value is -2.55. The Labute approximate surface area is 123 Å². The van der Waals surface area contributed by atoms with Crippen molar-refractivity contribution in [2.75, 3.05) is 12.4 Å². The lowest BCUT2D eigenvalue weighted by Crippen LogP contribution is -2.07. The van der Waals surface area contributed by atoms with Crippen molar-refractivity contribution >= 4 is 17.7 Å². The maximum atomic E-state index is 13.2. The SMILES string of the molecule is CNc1nc(Sc2cccc(F)c2)nc(-n2cncn2)n1. The van der Waals surface area contributed by atoms with Gasteiger partial charge in [0, 0.05) is 11.9 Å². The first-order valence-corrected chi connectivity index (χ1v) is 6.78. The highest BCUT2D eigenvalue weighted by atomic mass is 32.2. The average Bonchev–Trinajstić information content (AvgIpc) is 3.01. The van der Waals surface area contributed by atoms with Crippen LogP contribution in [0.5, 0.6) is 0 Å². The smallest absolute Gasteiger partial charge is 0.257 e. The second-order valence-corrected chi connectivity index (χ2v) is 4.93. The van der Waals surface area contributed by atoms with Gasteiger partial charge in [0.15, 0.2) is 5.16 Å². The zero-order chi connectivity index (χ0) is 14.7. The van der Waals surface area contributed by atoms with E-state index in [9.17, 15) is 4.39 Å². The summed E-state index contributed by atoms with van der Waals surface area (Å²) in [6, 6.07) is 6.22. The summed E-state index contributed by atoms with van der Waals surface area (Å²) in [7, 11) is 1.71. The van der Waals surface area contributed by atoms with E-state index < -0.39 is 0 Å². The highest BCUT2D eigenvalue weighted by Gasteiger charge is 2.09. The molecule has 0 spiro atoms. The molecule has 1 aromatic carbocycles. The molecule has 3 rings (SSSR count). The molecule has 0 unspecified atom stereocenters. The van der Waals surface area contributed by atoms with Gasteiger partial charge in [-0.15, -0.1) is 0 Å². The van der Waals surface area contributed by atoms with Crippen LogP contribution in [0, 0.1) is 5.82 Å². The molecular weight excluding hydrogens is 293 g/mol. The fourth-order valence-electron chi connectivity index (χ4n) is 1.55. The number of aromatic nitrogens is 6. The van der Waals surface area contributed by atoms with Crippen LogP contribution >= 0.6 is 11.8 Å². The van der Waals surface area contributed by atoms with Crippen molar-refractivity contribution in [2.24, 2.45) is 0 Å². The molecule has 0 fully saturated rings. The third kappa shape index (κ3) is 3.14. The van der Waals surface area contributed by atoms with E-state index in [4.69, 9.17) is 0 Å². The summed E-state index contributed by atoms with van der Waals surface area (Å²) in [6.45, 7) is 0.